The van der Waals surface area contributed by atoms with Gasteiger partial charge < -0.3 is 9.84 Å². The van der Waals surface area contributed by atoms with Gasteiger partial charge in [0, 0.05) is 6.04 Å². The Bertz CT molecular complexity index is 251. The highest BCUT2D eigenvalue weighted by Gasteiger charge is 2.39. The Labute approximate surface area is 97.4 Å². The van der Waals surface area contributed by atoms with Crippen molar-refractivity contribution in [2.75, 3.05) is 6.61 Å². The molecule has 1 saturated carbocycles. The molecule has 1 fully saturated rings. The van der Waals surface area contributed by atoms with Gasteiger partial charge >= 0.3 is 5.97 Å². The minimum atomic E-state index is -0.954. The van der Waals surface area contributed by atoms with Crippen LogP contribution in [0.5, 0.6) is 0 Å². The van der Waals surface area contributed by atoms with Gasteiger partial charge in [-0.3, -0.25) is 10.1 Å². The van der Waals surface area contributed by atoms with E-state index < -0.39 is 11.5 Å². The summed E-state index contributed by atoms with van der Waals surface area (Å²) in [5.74, 6) is -0.436. The number of hydrogen-bond donors (Lipinski definition) is 2. The van der Waals surface area contributed by atoms with Crippen LogP contribution in [0.2, 0.25) is 0 Å². The van der Waals surface area contributed by atoms with Crippen molar-refractivity contribution < 1.29 is 14.6 Å². The lowest BCUT2D eigenvalue weighted by Gasteiger charge is -2.28. The van der Waals surface area contributed by atoms with E-state index in [1.165, 1.54) is 0 Å². The van der Waals surface area contributed by atoms with Crippen LogP contribution in [-0.2, 0) is 9.53 Å². The largest absolute Gasteiger partial charge is 0.480 e. The van der Waals surface area contributed by atoms with Gasteiger partial charge in [-0.2, -0.15) is 0 Å². The van der Waals surface area contributed by atoms with Gasteiger partial charge in [0.05, 0.1) is 12.7 Å². The molecular weight excluding hydrogens is 206 g/mol. The first-order chi connectivity index (χ1) is 7.35. The maximum absolute atomic E-state index is 11.2. The molecule has 0 radical (unpaired) electrons. The van der Waals surface area contributed by atoms with Crippen molar-refractivity contribution in [3.63, 3.8) is 0 Å². The standard InChI is InChI=1S/C12H23NO3/c1-8(2)9(3)16-7-12(4,11(14)15)13-10-5-6-10/h8-10,13H,5-7H2,1-4H3,(H,14,15). The Morgan fingerprint density at radius 2 is 2.06 bits per heavy atom. The van der Waals surface area contributed by atoms with Crippen molar-refractivity contribution in [2.24, 2.45) is 5.92 Å². The number of carboxylic acids is 1. The number of hydrogen-bond acceptors (Lipinski definition) is 3. The molecule has 1 aliphatic rings. The fourth-order valence-electron chi connectivity index (χ4n) is 1.33. The number of ether oxygens (including phenoxy) is 1. The van der Waals surface area contributed by atoms with Gasteiger partial charge in [0.1, 0.15) is 5.54 Å². The molecule has 0 aromatic heterocycles. The van der Waals surface area contributed by atoms with Crippen molar-refractivity contribution in [3.05, 3.63) is 0 Å². The third-order valence-electron chi connectivity index (χ3n) is 3.15. The van der Waals surface area contributed by atoms with Gasteiger partial charge in [-0.1, -0.05) is 13.8 Å². The molecule has 2 unspecified atom stereocenters. The molecule has 0 amide bonds. The summed E-state index contributed by atoms with van der Waals surface area (Å²) in [6, 6.07) is 0.360. The quantitative estimate of drug-likeness (QED) is 0.697. The number of nitrogens with one attached hydrogen (secondary N) is 1. The van der Waals surface area contributed by atoms with E-state index in [9.17, 15) is 9.90 Å². The van der Waals surface area contributed by atoms with Gasteiger partial charge in [-0.15, -0.1) is 0 Å². The highest BCUT2D eigenvalue weighted by molar-refractivity contribution is 5.78. The Kier molecular flexibility index (Phi) is 4.33. The average Bonchev–Trinajstić information content (AvgIpc) is 2.97. The second kappa shape index (κ2) is 5.15. The van der Waals surface area contributed by atoms with Crippen molar-refractivity contribution in [1.82, 2.24) is 5.32 Å². The van der Waals surface area contributed by atoms with Crippen LogP contribution < -0.4 is 5.32 Å². The highest BCUT2D eigenvalue weighted by Crippen LogP contribution is 2.23. The van der Waals surface area contributed by atoms with Crippen molar-refractivity contribution in [2.45, 2.75) is 58.2 Å². The summed E-state index contributed by atoms with van der Waals surface area (Å²) in [7, 11) is 0. The van der Waals surface area contributed by atoms with Crippen LogP contribution in [0.4, 0.5) is 0 Å². The van der Waals surface area contributed by atoms with Crippen LogP contribution in [0.1, 0.15) is 40.5 Å². The fraction of sp³-hybridized carbons (Fsp3) is 0.917. The third kappa shape index (κ3) is 3.76. The molecule has 0 aromatic rings. The maximum Gasteiger partial charge on any atom is 0.326 e. The first-order valence-electron chi connectivity index (χ1n) is 5.98. The van der Waals surface area contributed by atoms with E-state index in [4.69, 9.17) is 4.74 Å². The Hall–Kier alpha value is -0.610. The minimum absolute atomic E-state index is 0.0830. The molecule has 0 heterocycles. The Morgan fingerprint density at radius 1 is 1.50 bits per heavy atom. The summed E-state index contributed by atoms with van der Waals surface area (Å²) in [4.78, 5) is 11.2. The van der Waals surface area contributed by atoms with Crippen LogP contribution in [0.15, 0.2) is 0 Å². The summed E-state index contributed by atoms with van der Waals surface area (Å²) >= 11 is 0. The van der Waals surface area contributed by atoms with Crippen LogP contribution in [0, 0.1) is 5.92 Å². The van der Waals surface area contributed by atoms with Gasteiger partial charge in [0.2, 0.25) is 0 Å². The number of rotatable bonds is 7. The lowest BCUT2D eigenvalue weighted by atomic mass is 10.0. The molecule has 0 aromatic carbocycles. The fourth-order valence-corrected chi connectivity index (χ4v) is 1.33. The Morgan fingerprint density at radius 3 is 2.44 bits per heavy atom. The van der Waals surface area contributed by atoms with Crippen molar-refractivity contribution >= 4 is 5.97 Å². The highest BCUT2D eigenvalue weighted by atomic mass is 16.5. The normalized spacial score (nSPS) is 21.8. The van der Waals surface area contributed by atoms with Crippen molar-refractivity contribution in [3.8, 4) is 0 Å². The van der Waals surface area contributed by atoms with Crippen LogP contribution >= 0.6 is 0 Å². The van der Waals surface area contributed by atoms with Gasteiger partial charge in [0.25, 0.3) is 0 Å². The monoisotopic (exact) mass is 229 g/mol. The zero-order valence-corrected chi connectivity index (χ0v) is 10.6. The second-order valence-corrected chi connectivity index (χ2v) is 5.32. The maximum atomic E-state index is 11.2. The predicted molar refractivity (Wildman–Crippen MR) is 62.5 cm³/mol. The van der Waals surface area contributed by atoms with Gasteiger partial charge in [0.15, 0.2) is 0 Å². The van der Waals surface area contributed by atoms with Crippen LogP contribution in [0.25, 0.3) is 0 Å². The minimum Gasteiger partial charge on any atom is -0.480 e. The van der Waals surface area contributed by atoms with E-state index in [0.29, 0.717) is 12.0 Å². The van der Waals surface area contributed by atoms with Gasteiger partial charge in [-0.05, 0) is 32.6 Å². The number of aliphatic carboxylic acids is 1. The van der Waals surface area contributed by atoms with E-state index in [-0.39, 0.29) is 12.7 Å². The molecule has 4 nitrogen and oxygen atoms in total. The molecule has 0 spiro atoms. The first kappa shape index (κ1) is 13.5. The zero-order chi connectivity index (χ0) is 12.3. The molecule has 0 saturated heterocycles. The molecule has 16 heavy (non-hydrogen) atoms. The summed E-state index contributed by atoms with van der Waals surface area (Å²) in [5.41, 5.74) is -0.954. The molecule has 2 atom stereocenters. The Balaban J connectivity index is 2.46. The summed E-state index contributed by atoms with van der Waals surface area (Å²) in [6.45, 7) is 8.02. The molecule has 4 heteroatoms. The van der Waals surface area contributed by atoms with E-state index in [2.05, 4.69) is 19.2 Å². The summed E-state index contributed by atoms with van der Waals surface area (Å²) in [6.07, 6.45) is 2.23. The van der Waals surface area contributed by atoms with E-state index >= 15 is 0 Å². The molecule has 0 bridgehead atoms. The number of carbonyl (C=O) groups is 1. The molecule has 1 aliphatic carbocycles. The zero-order valence-electron chi connectivity index (χ0n) is 10.6. The predicted octanol–water partition coefficient (Wildman–Crippen LogP) is 1.64. The lowest BCUT2D eigenvalue weighted by Crippen LogP contribution is -2.54. The molecule has 2 N–H and O–H groups in total. The van der Waals surface area contributed by atoms with E-state index in [0.717, 1.165) is 12.8 Å². The van der Waals surface area contributed by atoms with E-state index in [1.807, 2.05) is 6.92 Å². The smallest absolute Gasteiger partial charge is 0.326 e. The van der Waals surface area contributed by atoms with Crippen LogP contribution in [-0.4, -0.2) is 35.4 Å². The third-order valence-corrected chi connectivity index (χ3v) is 3.15. The van der Waals surface area contributed by atoms with Crippen LogP contribution in [0.3, 0.4) is 0 Å². The topological polar surface area (TPSA) is 58.6 Å². The second-order valence-electron chi connectivity index (χ2n) is 5.32. The van der Waals surface area contributed by atoms with Crippen molar-refractivity contribution in [1.29, 1.82) is 0 Å². The molecular formula is C12H23NO3. The SMILES string of the molecule is CC(C)C(C)OCC(C)(NC1CC1)C(=O)O. The summed E-state index contributed by atoms with van der Waals surface area (Å²) in [5, 5.41) is 12.4. The average molecular weight is 229 g/mol. The number of carboxylic acid groups (broad SMARTS) is 1. The molecule has 0 aliphatic heterocycles. The van der Waals surface area contributed by atoms with E-state index in [1.54, 1.807) is 6.92 Å². The molecule has 1 rings (SSSR count). The lowest BCUT2D eigenvalue weighted by molar-refractivity contribution is -0.148. The van der Waals surface area contributed by atoms with Gasteiger partial charge in [-0.25, -0.2) is 0 Å². The molecule has 94 valence electrons. The summed E-state index contributed by atoms with van der Waals surface area (Å²) < 4.78 is 5.62. The first-order valence-corrected chi connectivity index (χ1v) is 5.98.